The zero-order valence-corrected chi connectivity index (χ0v) is 18.6. The van der Waals surface area contributed by atoms with Crippen LogP contribution in [0.2, 0.25) is 0 Å². The zero-order valence-electron chi connectivity index (χ0n) is 16.3. The number of amides is 1. The van der Waals surface area contributed by atoms with Gasteiger partial charge in [0.25, 0.3) is 0 Å². The predicted octanol–water partition coefficient (Wildman–Crippen LogP) is 2.41. The van der Waals surface area contributed by atoms with Gasteiger partial charge in [-0.1, -0.05) is 19.3 Å². The van der Waals surface area contributed by atoms with Crippen molar-refractivity contribution in [3.8, 4) is 0 Å². The van der Waals surface area contributed by atoms with Crippen LogP contribution in [0.5, 0.6) is 0 Å². The van der Waals surface area contributed by atoms with Gasteiger partial charge in [-0.05, 0) is 52.4 Å². The number of aliphatic hydroxyl groups is 1. The third-order valence-electron chi connectivity index (χ3n) is 4.43. The van der Waals surface area contributed by atoms with Gasteiger partial charge in [0.15, 0.2) is 5.96 Å². The Hall–Kier alpha value is -0.570. The van der Waals surface area contributed by atoms with Crippen molar-refractivity contribution in [1.29, 1.82) is 0 Å². The van der Waals surface area contributed by atoms with Gasteiger partial charge in [-0.3, -0.25) is 4.79 Å². The lowest BCUT2D eigenvalue weighted by Gasteiger charge is -2.37. The highest BCUT2D eigenvalue weighted by atomic mass is 127. The third-order valence-corrected chi connectivity index (χ3v) is 4.43. The molecule has 1 aliphatic rings. The lowest BCUT2D eigenvalue weighted by atomic mass is 9.72. The fraction of sp³-hybridized carbons (Fsp3) is 0.889. The van der Waals surface area contributed by atoms with Gasteiger partial charge < -0.3 is 21.1 Å². The second-order valence-electron chi connectivity index (χ2n) is 7.88. The minimum atomic E-state index is -0.244. The van der Waals surface area contributed by atoms with Crippen LogP contribution in [0, 0.1) is 5.41 Å². The number of hydrogen-bond donors (Lipinski definition) is 4. The molecule has 0 heterocycles. The Labute approximate surface area is 170 Å². The minimum absolute atomic E-state index is 0. The molecule has 0 saturated heterocycles. The van der Waals surface area contributed by atoms with Gasteiger partial charge >= 0.3 is 0 Å². The fourth-order valence-electron chi connectivity index (χ4n) is 3.28. The number of aliphatic imine (C=N–C) groups is 1. The van der Waals surface area contributed by atoms with Crippen LogP contribution in [-0.4, -0.2) is 48.8 Å². The van der Waals surface area contributed by atoms with E-state index in [2.05, 4.69) is 20.9 Å². The van der Waals surface area contributed by atoms with E-state index in [0.717, 1.165) is 32.4 Å². The van der Waals surface area contributed by atoms with Crippen molar-refractivity contribution in [1.82, 2.24) is 16.0 Å². The van der Waals surface area contributed by atoms with E-state index in [1.165, 1.54) is 19.3 Å². The maximum atomic E-state index is 11.9. The Kier molecular flexibility index (Phi) is 11.7. The van der Waals surface area contributed by atoms with Gasteiger partial charge in [-0.15, -0.1) is 24.0 Å². The Balaban J connectivity index is 0.00000576. The number of guanidine groups is 1. The predicted molar refractivity (Wildman–Crippen MR) is 115 cm³/mol. The largest absolute Gasteiger partial charge is 0.396 e. The van der Waals surface area contributed by atoms with E-state index in [1.807, 2.05) is 27.7 Å². The average molecular weight is 468 g/mol. The molecule has 6 nitrogen and oxygen atoms in total. The maximum Gasteiger partial charge on any atom is 0.242 e. The lowest BCUT2D eigenvalue weighted by molar-refractivity contribution is -0.121. The Bertz CT molecular complexity index is 410. The van der Waals surface area contributed by atoms with Crippen LogP contribution in [-0.2, 0) is 4.79 Å². The van der Waals surface area contributed by atoms with E-state index in [1.54, 1.807) is 0 Å². The molecule has 4 N–H and O–H groups in total. The Morgan fingerprint density at radius 3 is 2.32 bits per heavy atom. The number of nitrogens with zero attached hydrogens (tertiary/aromatic N) is 1. The number of carbonyl (C=O) groups excluding carboxylic acids is 1. The molecular weight excluding hydrogens is 431 g/mol. The molecule has 1 fully saturated rings. The SMILES string of the molecule is CCNC(=NCC(=O)NC(C)(C)C)NCC1(CCO)CCCCC1.I. The smallest absolute Gasteiger partial charge is 0.242 e. The first kappa shape index (κ1) is 24.4. The first-order valence-electron chi connectivity index (χ1n) is 9.24. The summed E-state index contributed by atoms with van der Waals surface area (Å²) in [6.45, 7) is 9.76. The van der Waals surface area contributed by atoms with Gasteiger partial charge in [0.05, 0.1) is 0 Å². The fourth-order valence-corrected chi connectivity index (χ4v) is 3.28. The molecular formula is C18H37IN4O2. The molecule has 0 aliphatic heterocycles. The number of rotatable bonds is 7. The summed E-state index contributed by atoms with van der Waals surface area (Å²) in [5, 5.41) is 18.9. The molecule has 0 aromatic heterocycles. The molecule has 0 aromatic carbocycles. The molecule has 1 rings (SSSR count). The van der Waals surface area contributed by atoms with Gasteiger partial charge in [0.2, 0.25) is 5.91 Å². The van der Waals surface area contributed by atoms with Crippen LogP contribution in [0.25, 0.3) is 0 Å². The monoisotopic (exact) mass is 468 g/mol. The summed E-state index contributed by atoms with van der Waals surface area (Å²) < 4.78 is 0. The van der Waals surface area contributed by atoms with Crippen LogP contribution >= 0.6 is 24.0 Å². The molecule has 0 bridgehead atoms. The number of halogens is 1. The highest BCUT2D eigenvalue weighted by molar-refractivity contribution is 14.0. The van der Waals surface area contributed by atoms with Crippen molar-refractivity contribution in [2.24, 2.45) is 10.4 Å². The van der Waals surface area contributed by atoms with Crippen LogP contribution in [0.4, 0.5) is 0 Å². The quantitative estimate of drug-likeness (QED) is 0.263. The van der Waals surface area contributed by atoms with Crippen molar-refractivity contribution in [3.05, 3.63) is 0 Å². The number of carbonyl (C=O) groups is 1. The van der Waals surface area contributed by atoms with Crippen molar-refractivity contribution in [3.63, 3.8) is 0 Å². The molecule has 25 heavy (non-hydrogen) atoms. The highest BCUT2D eigenvalue weighted by Gasteiger charge is 2.31. The highest BCUT2D eigenvalue weighted by Crippen LogP contribution is 2.38. The molecule has 1 saturated carbocycles. The minimum Gasteiger partial charge on any atom is -0.396 e. The molecule has 0 aromatic rings. The summed E-state index contributed by atoms with van der Waals surface area (Å²) in [5.41, 5.74) is -0.0947. The van der Waals surface area contributed by atoms with Crippen molar-refractivity contribution in [2.75, 3.05) is 26.2 Å². The Morgan fingerprint density at radius 1 is 1.16 bits per heavy atom. The zero-order chi connectivity index (χ0) is 18.1. The van der Waals surface area contributed by atoms with Gasteiger partial charge in [-0.2, -0.15) is 0 Å². The number of nitrogens with one attached hydrogen (secondary N) is 3. The lowest BCUT2D eigenvalue weighted by Crippen LogP contribution is -2.46. The maximum absolute atomic E-state index is 11.9. The van der Waals surface area contributed by atoms with Crippen molar-refractivity contribution in [2.45, 2.75) is 71.8 Å². The molecule has 0 spiro atoms. The van der Waals surface area contributed by atoms with Gasteiger partial charge in [0, 0.05) is 25.2 Å². The van der Waals surface area contributed by atoms with Gasteiger partial charge in [-0.25, -0.2) is 4.99 Å². The molecule has 0 atom stereocenters. The second-order valence-corrected chi connectivity index (χ2v) is 7.88. The van der Waals surface area contributed by atoms with Crippen LogP contribution < -0.4 is 16.0 Å². The normalized spacial score (nSPS) is 17.4. The van der Waals surface area contributed by atoms with E-state index >= 15 is 0 Å². The Morgan fingerprint density at radius 2 is 1.80 bits per heavy atom. The van der Waals surface area contributed by atoms with Crippen LogP contribution in [0.3, 0.4) is 0 Å². The molecule has 1 aliphatic carbocycles. The van der Waals surface area contributed by atoms with E-state index in [9.17, 15) is 9.90 Å². The third kappa shape index (κ3) is 10.2. The summed E-state index contributed by atoms with van der Waals surface area (Å²) in [4.78, 5) is 16.3. The van der Waals surface area contributed by atoms with Crippen molar-refractivity contribution < 1.29 is 9.90 Å². The molecule has 0 unspecified atom stereocenters. The second kappa shape index (κ2) is 11.9. The summed E-state index contributed by atoms with van der Waals surface area (Å²) in [5.74, 6) is 0.590. The van der Waals surface area contributed by atoms with E-state index in [-0.39, 0.29) is 54.0 Å². The molecule has 0 radical (unpaired) electrons. The summed E-state index contributed by atoms with van der Waals surface area (Å²) in [6, 6.07) is 0. The van der Waals surface area contributed by atoms with E-state index < -0.39 is 0 Å². The van der Waals surface area contributed by atoms with E-state index in [4.69, 9.17) is 0 Å². The summed E-state index contributed by atoms with van der Waals surface area (Å²) >= 11 is 0. The van der Waals surface area contributed by atoms with Crippen LogP contribution in [0.15, 0.2) is 4.99 Å². The van der Waals surface area contributed by atoms with Crippen molar-refractivity contribution >= 4 is 35.8 Å². The first-order chi connectivity index (χ1) is 11.3. The molecule has 7 heteroatoms. The number of hydrogen-bond acceptors (Lipinski definition) is 3. The molecule has 1 amide bonds. The summed E-state index contributed by atoms with van der Waals surface area (Å²) in [7, 11) is 0. The summed E-state index contributed by atoms with van der Waals surface area (Å²) in [6.07, 6.45) is 6.85. The standard InChI is InChI=1S/C18H36N4O2.HI/c1-5-19-16(20-13-15(24)22-17(2,3)4)21-14-18(11-12-23)9-7-6-8-10-18;/h23H,5-14H2,1-4H3,(H,22,24)(H2,19,20,21);1H. The topological polar surface area (TPSA) is 85.8 Å². The van der Waals surface area contributed by atoms with Gasteiger partial charge in [0.1, 0.15) is 6.54 Å². The van der Waals surface area contributed by atoms with E-state index in [0.29, 0.717) is 5.96 Å². The first-order valence-corrected chi connectivity index (χ1v) is 9.24. The van der Waals surface area contributed by atoms with Crippen LogP contribution in [0.1, 0.15) is 66.2 Å². The molecule has 148 valence electrons. The number of aliphatic hydroxyl groups excluding tert-OH is 1. The average Bonchev–Trinajstić information content (AvgIpc) is 2.50.